The molecule has 6 rings (SSSR count). The topological polar surface area (TPSA) is 0 Å². The fraction of sp³-hybridized carbons (Fsp3) is 0.396. The number of halogens is 2. The minimum atomic E-state index is -2.01. The molecule has 1 unspecified atom stereocenters. The first kappa shape index (κ1) is 45.1. The van der Waals surface area contributed by atoms with Crippen LogP contribution in [0.2, 0.25) is 64.0 Å². The zero-order valence-electron chi connectivity index (χ0n) is 35.7. The summed E-state index contributed by atoms with van der Waals surface area (Å²) in [5, 5.41) is 6.78. The number of allylic oxidation sites excluding steroid dienone is 8. The smallest absolute Gasteiger partial charge is 1.00 e. The zero-order valence-corrected chi connectivity index (χ0v) is 42.7. The van der Waals surface area contributed by atoms with E-state index in [1.54, 1.807) is 34.0 Å². The summed E-state index contributed by atoms with van der Waals surface area (Å²) in [4.78, 5) is 0. The molecule has 0 spiro atoms. The SMILES string of the molecule is CC(C)(C)c1ccc2c(c1)=[C]([Zr+2]=[C](c1ccccc1)c1ccccc1)C1=C(C3=CC=CC3)C(C(C)(C)C)([Si](C)(C)C)C([Si](C)(C)C)=C([Si](C)(C)C)C=21.[Cl-].[Cl-]. The van der Waals surface area contributed by atoms with Crippen molar-refractivity contribution in [3.63, 3.8) is 0 Å². The molecule has 0 bridgehead atoms. The van der Waals surface area contributed by atoms with Gasteiger partial charge in [0.25, 0.3) is 0 Å². The van der Waals surface area contributed by atoms with Crippen molar-refractivity contribution >= 4 is 36.3 Å². The maximum atomic E-state index is 2.72. The van der Waals surface area contributed by atoms with Crippen LogP contribution in [0.15, 0.2) is 124 Å². The Morgan fingerprint density at radius 1 is 0.648 bits per heavy atom. The summed E-state index contributed by atoms with van der Waals surface area (Å²) in [6.45, 7) is 39.2. The monoisotopic (exact) mass is 883 g/mol. The summed E-state index contributed by atoms with van der Waals surface area (Å²) in [5.41, 5.74) is 11.0. The molecule has 3 aromatic carbocycles. The van der Waals surface area contributed by atoms with E-state index in [2.05, 4.69) is 198 Å². The van der Waals surface area contributed by atoms with Gasteiger partial charge >= 0.3 is 333 Å². The molecule has 0 fully saturated rings. The Hall–Kier alpha value is -1.66. The first-order chi connectivity index (χ1) is 24.0. The molecule has 0 saturated carbocycles. The van der Waals surface area contributed by atoms with Crippen LogP contribution in [-0.4, -0.2) is 27.4 Å². The fourth-order valence-electron chi connectivity index (χ4n) is 10.1. The van der Waals surface area contributed by atoms with Gasteiger partial charge in [-0.2, -0.15) is 0 Å². The molecule has 0 N–H and O–H groups in total. The maximum Gasteiger partial charge on any atom is -1.00 e. The van der Waals surface area contributed by atoms with Crippen molar-refractivity contribution in [1.29, 1.82) is 0 Å². The molecule has 0 heterocycles. The van der Waals surface area contributed by atoms with Gasteiger partial charge in [0.05, 0.1) is 0 Å². The second kappa shape index (κ2) is 15.6. The van der Waals surface area contributed by atoms with Crippen molar-refractivity contribution in [2.75, 3.05) is 0 Å². The van der Waals surface area contributed by atoms with E-state index in [1.165, 1.54) is 21.9 Å². The number of benzene rings is 3. The van der Waals surface area contributed by atoms with Crippen LogP contribution in [0, 0.1) is 5.41 Å². The van der Waals surface area contributed by atoms with E-state index in [9.17, 15) is 0 Å². The number of hydrogen-bond acceptors (Lipinski definition) is 0. The minimum absolute atomic E-state index is 0. The van der Waals surface area contributed by atoms with Crippen molar-refractivity contribution < 1.29 is 47.6 Å². The van der Waals surface area contributed by atoms with Crippen LogP contribution in [0.5, 0.6) is 0 Å². The van der Waals surface area contributed by atoms with Gasteiger partial charge in [-0.15, -0.1) is 0 Å². The van der Waals surface area contributed by atoms with Gasteiger partial charge in [-0.1, -0.05) is 0 Å². The quantitative estimate of drug-likeness (QED) is 0.256. The van der Waals surface area contributed by atoms with Gasteiger partial charge in [-0.05, 0) is 0 Å². The van der Waals surface area contributed by atoms with Crippen molar-refractivity contribution in [2.24, 2.45) is 5.41 Å². The Morgan fingerprint density at radius 2 is 1.19 bits per heavy atom. The van der Waals surface area contributed by atoms with Gasteiger partial charge in [0, 0.05) is 0 Å². The molecule has 0 saturated heterocycles. The first-order valence-electron chi connectivity index (χ1n) is 19.5. The molecule has 3 aliphatic carbocycles. The molecule has 285 valence electrons. The molecule has 3 aliphatic rings. The first-order valence-corrected chi connectivity index (χ1v) is 32.5. The van der Waals surface area contributed by atoms with Gasteiger partial charge in [0.15, 0.2) is 0 Å². The third-order valence-electron chi connectivity index (χ3n) is 11.6. The van der Waals surface area contributed by atoms with E-state index < -0.39 is 47.0 Å². The van der Waals surface area contributed by atoms with Crippen molar-refractivity contribution in [3.8, 4) is 0 Å². The largest absolute Gasteiger partial charge is 1.00 e. The van der Waals surface area contributed by atoms with Gasteiger partial charge in [0.2, 0.25) is 0 Å². The molecule has 0 aromatic heterocycles. The summed E-state index contributed by atoms with van der Waals surface area (Å²) in [7, 11) is -5.84. The van der Waals surface area contributed by atoms with E-state index in [1.807, 2.05) is 10.4 Å². The molecule has 3 aromatic rings. The van der Waals surface area contributed by atoms with E-state index in [4.69, 9.17) is 0 Å². The van der Waals surface area contributed by atoms with Gasteiger partial charge in [0.1, 0.15) is 0 Å². The predicted molar refractivity (Wildman–Crippen MR) is 235 cm³/mol. The number of fused-ring (bicyclic) bond motifs is 2. The van der Waals surface area contributed by atoms with Crippen LogP contribution in [0.25, 0.3) is 8.85 Å². The molecule has 0 nitrogen and oxygen atoms in total. The number of rotatable bonds is 7. The summed E-state index contributed by atoms with van der Waals surface area (Å²) >= 11 is -1.44. The molecule has 0 radical (unpaired) electrons. The second-order valence-electron chi connectivity index (χ2n) is 20.6. The average Bonchev–Trinajstić information content (AvgIpc) is 3.67. The molecule has 6 heteroatoms. The third-order valence-corrected chi connectivity index (χ3v) is 23.7. The van der Waals surface area contributed by atoms with E-state index in [0.717, 1.165) is 6.42 Å². The van der Waals surface area contributed by atoms with Crippen LogP contribution in [0.1, 0.15) is 64.7 Å². The number of hydrogen-bond donors (Lipinski definition) is 0. The van der Waals surface area contributed by atoms with Gasteiger partial charge in [-0.3, -0.25) is 0 Å². The summed E-state index contributed by atoms with van der Waals surface area (Å²) in [5.74, 6) is 0. The molecule has 0 amide bonds. The van der Waals surface area contributed by atoms with E-state index >= 15 is 0 Å². The fourth-order valence-corrected chi connectivity index (χ4v) is 27.2. The van der Waals surface area contributed by atoms with Crippen LogP contribution >= 0.6 is 0 Å². The van der Waals surface area contributed by atoms with Crippen LogP contribution in [0.3, 0.4) is 0 Å². The Balaban J connectivity index is 0.00000325. The zero-order chi connectivity index (χ0) is 38.2. The molecule has 0 aliphatic heterocycles. The second-order valence-corrected chi connectivity index (χ2v) is 38.9. The van der Waals surface area contributed by atoms with Crippen molar-refractivity contribution in [1.82, 2.24) is 0 Å². The maximum absolute atomic E-state index is 2.72. The molecule has 1 atom stereocenters. The Kier molecular flexibility index (Phi) is 13.0. The molecular formula is C48H63Cl2Si3Zr. The summed E-state index contributed by atoms with van der Waals surface area (Å²) in [6, 6.07) is 30.5. The van der Waals surface area contributed by atoms with Crippen LogP contribution in [0.4, 0.5) is 0 Å². The summed E-state index contributed by atoms with van der Waals surface area (Å²) < 4.78 is 3.30. The van der Waals surface area contributed by atoms with E-state index in [0.29, 0.717) is 0 Å². The predicted octanol–water partition coefficient (Wildman–Crippen LogP) is 5.99. The van der Waals surface area contributed by atoms with Crippen LogP contribution < -0.4 is 35.3 Å². The Labute approximate surface area is 355 Å². The third kappa shape index (κ3) is 7.68. The van der Waals surface area contributed by atoms with Crippen LogP contribution in [-0.2, 0) is 28.2 Å². The average molecular weight is 886 g/mol. The Bertz CT molecular complexity index is 2150. The van der Waals surface area contributed by atoms with Gasteiger partial charge in [-0.25, -0.2) is 0 Å². The van der Waals surface area contributed by atoms with Crippen molar-refractivity contribution in [3.05, 3.63) is 151 Å². The minimum Gasteiger partial charge on any atom is -1.00 e. The summed E-state index contributed by atoms with van der Waals surface area (Å²) in [6.07, 6.45) is 8.34. The molecule has 54 heavy (non-hydrogen) atoms. The van der Waals surface area contributed by atoms with Crippen molar-refractivity contribution in [2.45, 2.75) is 117 Å². The normalized spacial score (nSPS) is 18.8. The van der Waals surface area contributed by atoms with Gasteiger partial charge < -0.3 is 24.8 Å². The standard InChI is InChI=1S/C35H53Si3.C13H10.2ClH.Zr/c1-33(2,3)26-20-21-27-25(22-26)23-28-29(27)31(36(7,8)9)32(37(10,11)12)35(34(4,5)6,38(13,14)15)30(28)24-18-16-17-19-24;1-3-7-12(8-4-1)11-13-9-5-2-6-10-13;;;/h16-18,20-22H,19H2,1-15H3;1-10H;2*1H;/q;;;;+2/p-2. The Morgan fingerprint density at radius 3 is 1.59 bits per heavy atom. The molecular weight excluding hydrogens is 823 g/mol. The van der Waals surface area contributed by atoms with E-state index in [-0.39, 0.29) is 40.7 Å².